The van der Waals surface area contributed by atoms with E-state index in [1.54, 1.807) is 0 Å². The van der Waals surface area contributed by atoms with Gasteiger partial charge in [-0.1, -0.05) is 88.4 Å². The second kappa shape index (κ2) is 6.00. The van der Waals surface area contributed by atoms with Crippen LogP contribution in [0.5, 0.6) is 11.5 Å². The Morgan fingerprint density at radius 2 is 1.18 bits per heavy atom. The van der Waals surface area contributed by atoms with Crippen molar-refractivity contribution in [3.8, 4) is 11.5 Å². The van der Waals surface area contributed by atoms with Crippen LogP contribution in [0.4, 0.5) is 0 Å². The van der Waals surface area contributed by atoms with Crippen molar-refractivity contribution in [1.82, 2.24) is 0 Å². The van der Waals surface area contributed by atoms with Gasteiger partial charge in [0.25, 0.3) is 0 Å². The maximum absolute atomic E-state index is 6.38. The van der Waals surface area contributed by atoms with Gasteiger partial charge in [-0.05, 0) is 41.5 Å². The fraction of sp³-hybridized carbons (Fsp3) is 0.0400. The molecule has 1 spiro atoms. The second-order valence-electron chi connectivity index (χ2n) is 7.06. The molecule has 2 aliphatic heterocycles. The van der Waals surface area contributed by atoms with E-state index < -0.39 is 5.41 Å². The van der Waals surface area contributed by atoms with Gasteiger partial charge in [0.1, 0.15) is 11.5 Å². The summed E-state index contributed by atoms with van der Waals surface area (Å²) >= 11 is 5.71. The minimum Gasteiger partial charge on any atom is -0.457 e. The molecule has 0 atom stereocenters. The van der Waals surface area contributed by atoms with Crippen LogP contribution in [0.1, 0.15) is 22.3 Å². The van der Waals surface area contributed by atoms with Gasteiger partial charge >= 0.3 is 0 Å². The molecular formula is C25H15BrOS. The molecule has 4 aromatic rings. The third kappa shape index (κ3) is 2.04. The lowest BCUT2D eigenvalue weighted by Gasteiger charge is -2.45. The van der Waals surface area contributed by atoms with E-state index in [0.717, 1.165) is 16.0 Å². The lowest BCUT2D eigenvalue weighted by atomic mass is 9.63. The molecule has 0 N–H and O–H groups in total. The van der Waals surface area contributed by atoms with Crippen LogP contribution < -0.4 is 4.74 Å². The SMILES string of the molecule is Brc1cccc2c1C1(c3ccccc3O2)c2ccccc2Sc2ccccc21. The molecule has 3 heteroatoms. The molecule has 1 nitrogen and oxygen atoms in total. The van der Waals surface area contributed by atoms with E-state index in [1.165, 1.54) is 32.0 Å². The Morgan fingerprint density at radius 1 is 0.607 bits per heavy atom. The van der Waals surface area contributed by atoms with Gasteiger partial charge in [0.05, 0.1) is 5.41 Å². The number of benzene rings is 4. The van der Waals surface area contributed by atoms with Crippen LogP contribution in [-0.2, 0) is 5.41 Å². The smallest absolute Gasteiger partial charge is 0.133 e. The molecule has 0 aromatic heterocycles. The van der Waals surface area contributed by atoms with Crippen molar-refractivity contribution in [1.29, 1.82) is 0 Å². The van der Waals surface area contributed by atoms with E-state index in [9.17, 15) is 0 Å². The van der Waals surface area contributed by atoms with Crippen molar-refractivity contribution in [3.05, 3.63) is 118 Å². The molecule has 0 fully saturated rings. The van der Waals surface area contributed by atoms with Crippen LogP contribution in [-0.4, -0.2) is 0 Å². The van der Waals surface area contributed by atoms with E-state index >= 15 is 0 Å². The van der Waals surface area contributed by atoms with E-state index in [0.29, 0.717) is 0 Å². The standard InChI is InChI=1S/C25H15BrOS/c26-19-11-7-13-21-24(19)25(16-8-1-4-12-20(16)27-21)17-9-2-5-14-22(17)28-23-15-6-3-10-18(23)25/h1-15H. The Balaban J connectivity index is 1.87. The van der Waals surface area contributed by atoms with Crippen molar-refractivity contribution in [2.24, 2.45) is 0 Å². The van der Waals surface area contributed by atoms with Crippen LogP contribution in [0.15, 0.2) is 105 Å². The zero-order valence-electron chi connectivity index (χ0n) is 14.9. The van der Waals surface area contributed by atoms with Crippen molar-refractivity contribution in [3.63, 3.8) is 0 Å². The minimum atomic E-state index is -0.414. The molecule has 134 valence electrons. The zero-order valence-corrected chi connectivity index (χ0v) is 17.3. The molecule has 0 unspecified atom stereocenters. The maximum atomic E-state index is 6.38. The molecule has 0 radical (unpaired) electrons. The summed E-state index contributed by atoms with van der Waals surface area (Å²) in [6.07, 6.45) is 0. The quantitative estimate of drug-likeness (QED) is 0.242. The molecule has 0 saturated carbocycles. The number of hydrogen-bond acceptors (Lipinski definition) is 2. The second-order valence-corrected chi connectivity index (χ2v) is 8.99. The largest absolute Gasteiger partial charge is 0.457 e. The van der Waals surface area contributed by atoms with E-state index in [2.05, 4.69) is 94.8 Å². The Bertz CT molecular complexity index is 1140. The van der Waals surface area contributed by atoms with Gasteiger partial charge in [0.2, 0.25) is 0 Å². The van der Waals surface area contributed by atoms with Gasteiger partial charge in [0.15, 0.2) is 0 Å². The molecular weight excluding hydrogens is 428 g/mol. The van der Waals surface area contributed by atoms with E-state index in [1.807, 2.05) is 23.9 Å². The predicted octanol–water partition coefficient (Wildman–Crippen LogP) is 7.40. The van der Waals surface area contributed by atoms with Gasteiger partial charge in [0, 0.05) is 25.4 Å². The first-order valence-corrected chi connectivity index (χ1v) is 10.8. The van der Waals surface area contributed by atoms with Gasteiger partial charge in [-0.3, -0.25) is 0 Å². The highest BCUT2D eigenvalue weighted by Gasteiger charge is 2.50. The molecule has 0 aliphatic carbocycles. The average molecular weight is 443 g/mol. The summed E-state index contributed by atoms with van der Waals surface area (Å²) in [5.41, 5.74) is 4.57. The summed E-state index contributed by atoms with van der Waals surface area (Å²) in [5.74, 6) is 1.83. The van der Waals surface area contributed by atoms with Crippen LogP contribution in [0.25, 0.3) is 0 Å². The number of fused-ring (bicyclic) bond motifs is 8. The Labute approximate surface area is 176 Å². The van der Waals surface area contributed by atoms with E-state index in [-0.39, 0.29) is 0 Å². The first kappa shape index (κ1) is 16.5. The third-order valence-corrected chi connectivity index (χ3v) is 7.48. The highest BCUT2D eigenvalue weighted by molar-refractivity contribution is 9.10. The maximum Gasteiger partial charge on any atom is 0.133 e. The Kier molecular flexibility index (Phi) is 3.53. The number of halogens is 1. The van der Waals surface area contributed by atoms with Gasteiger partial charge in [-0.15, -0.1) is 0 Å². The Morgan fingerprint density at radius 3 is 1.89 bits per heavy atom. The molecule has 0 bridgehead atoms. The van der Waals surface area contributed by atoms with Crippen molar-refractivity contribution in [2.75, 3.05) is 0 Å². The fourth-order valence-corrected chi connectivity index (χ4v) is 6.46. The normalized spacial score (nSPS) is 15.0. The summed E-state index contributed by atoms with van der Waals surface area (Å²) in [5, 5.41) is 0. The molecule has 4 aromatic carbocycles. The predicted molar refractivity (Wildman–Crippen MR) is 117 cm³/mol. The number of rotatable bonds is 0. The van der Waals surface area contributed by atoms with Gasteiger partial charge in [-0.25, -0.2) is 0 Å². The Hall–Kier alpha value is -2.49. The summed E-state index contributed by atoms with van der Waals surface area (Å²) in [6, 6.07) is 32.2. The fourth-order valence-electron chi connectivity index (χ4n) is 4.63. The third-order valence-electron chi connectivity index (χ3n) is 5.66. The lowest BCUT2D eigenvalue weighted by molar-refractivity contribution is 0.430. The molecule has 28 heavy (non-hydrogen) atoms. The van der Waals surface area contributed by atoms with Crippen molar-refractivity contribution >= 4 is 27.7 Å². The molecule has 2 heterocycles. The van der Waals surface area contributed by atoms with Crippen LogP contribution in [0, 0.1) is 0 Å². The first-order chi connectivity index (χ1) is 13.8. The summed E-state index contributed by atoms with van der Waals surface area (Å²) < 4.78 is 7.44. The summed E-state index contributed by atoms with van der Waals surface area (Å²) in [7, 11) is 0. The van der Waals surface area contributed by atoms with Crippen molar-refractivity contribution in [2.45, 2.75) is 15.2 Å². The highest BCUT2D eigenvalue weighted by atomic mass is 79.9. The topological polar surface area (TPSA) is 9.23 Å². The molecule has 6 rings (SSSR count). The minimum absolute atomic E-state index is 0.414. The summed E-state index contributed by atoms with van der Waals surface area (Å²) in [4.78, 5) is 2.58. The van der Waals surface area contributed by atoms with Crippen LogP contribution in [0.2, 0.25) is 0 Å². The first-order valence-electron chi connectivity index (χ1n) is 9.23. The summed E-state index contributed by atoms with van der Waals surface area (Å²) in [6.45, 7) is 0. The van der Waals surface area contributed by atoms with Crippen LogP contribution >= 0.6 is 27.7 Å². The zero-order chi connectivity index (χ0) is 18.7. The van der Waals surface area contributed by atoms with Gasteiger partial charge < -0.3 is 4.74 Å². The van der Waals surface area contributed by atoms with E-state index in [4.69, 9.17) is 4.74 Å². The van der Waals surface area contributed by atoms with Gasteiger partial charge in [-0.2, -0.15) is 0 Å². The van der Waals surface area contributed by atoms with Crippen molar-refractivity contribution < 1.29 is 4.74 Å². The monoisotopic (exact) mass is 442 g/mol. The lowest BCUT2D eigenvalue weighted by Crippen LogP contribution is -2.37. The molecule has 0 amide bonds. The average Bonchev–Trinajstić information content (AvgIpc) is 2.74. The highest BCUT2D eigenvalue weighted by Crippen LogP contribution is 2.62. The number of hydrogen-bond donors (Lipinski definition) is 0. The number of para-hydroxylation sites is 1. The molecule has 0 saturated heterocycles. The number of ether oxygens (including phenoxy) is 1. The van der Waals surface area contributed by atoms with Crippen LogP contribution in [0.3, 0.4) is 0 Å². The molecule has 2 aliphatic rings.